The summed E-state index contributed by atoms with van der Waals surface area (Å²) >= 11 is 5.22. The molecule has 0 bridgehead atoms. The normalized spacial score (nSPS) is 12.7. The number of aryl methyl sites for hydroxylation is 1. The number of nitrogens with one attached hydrogen (secondary N) is 1. The molecule has 1 aromatic rings. The van der Waals surface area contributed by atoms with Gasteiger partial charge in [-0.15, -0.1) is 11.3 Å². The van der Waals surface area contributed by atoms with Gasteiger partial charge in [0.25, 0.3) is 0 Å². The van der Waals surface area contributed by atoms with E-state index < -0.39 is 0 Å². The highest BCUT2D eigenvalue weighted by atomic mass is 79.9. The smallest absolute Gasteiger partial charge is 0.220 e. The van der Waals surface area contributed by atoms with E-state index >= 15 is 0 Å². The molecular weight excluding hydrogens is 310 g/mol. The van der Waals surface area contributed by atoms with E-state index in [2.05, 4.69) is 52.6 Å². The maximum atomic E-state index is 11.8. The van der Waals surface area contributed by atoms with Crippen molar-refractivity contribution in [3.63, 3.8) is 0 Å². The summed E-state index contributed by atoms with van der Waals surface area (Å²) in [5, 5.41) is 6.01. The zero-order valence-corrected chi connectivity index (χ0v) is 13.5. The Morgan fingerprint density at radius 1 is 1.50 bits per heavy atom. The molecule has 4 heteroatoms. The van der Waals surface area contributed by atoms with E-state index in [0.717, 1.165) is 24.6 Å². The number of carbonyl (C=O) groups is 1. The maximum absolute atomic E-state index is 11.8. The predicted molar refractivity (Wildman–Crippen MR) is 82.4 cm³/mol. The molecular formula is C14H22BrNOS. The molecule has 0 aliphatic heterocycles. The largest absolute Gasteiger partial charge is 0.353 e. The molecule has 1 rings (SSSR count). The molecule has 102 valence electrons. The third kappa shape index (κ3) is 6.55. The number of alkyl halides is 1. The molecule has 1 amide bonds. The summed E-state index contributed by atoms with van der Waals surface area (Å²) in [7, 11) is 0. The Balaban J connectivity index is 2.19. The van der Waals surface area contributed by atoms with Gasteiger partial charge >= 0.3 is 0 Å². The fourth-order valence-corrected chi connectivity index (χ4v) is 3.08. The molecule has 0 spiro atoms. The summed E-state index contributed by atoms with van der Waals surface area (Å²) in [5.74, 6) is 0.788. The van der Waals surface area contributed by atoms with Crippen LogP contribution in [-0.4, -0.2) is 17.3 Å². The Labute approximate surface area is 122 Å². The van der Waals surface area contributed by atoms with Crippen LogP contribution < -0.4 is 5.32 Å². The number of rotatable bonds is 8. The van der Waals surface area contributed by atoms with Gasteiger partial charge in [0, 0.05) is 22.7 Å². The van der Waals surface area contributed by atoms with Crippen LogP contribution in [0.25, 0.3) is 0 Å². The molecule has 1 N–H and O–H groups in total. The fourth-order valence-electron chi connectivity index (χ4n) is 1.91. The first kappa shape index (κ1) is 15.7. The van der Waals surface area contributed by atoms with Crippen LogP contribution in [0.2, 0.25) is 0 Å². The molecule has 2 nitrogen and oxygen atoms in total. The zero-order valence-electron chi connectivity index (χ0n) is 11.1. The minimum absolute atomic E-state index is 0.177. The molecule has 0 fully saturated rings. The monoisotopic (exact) mass is 331 g/mol. The van der Waals surface area contributed by atoms with Crippen molar-refractivity contribution >= 4 is 33.2 Å². The molecule has 0 saturated carbocycles. The molecule has 1 aromatic heterocycles. The average Bonchev–Trinajstić information content (AvgIpc) is 2.80. The van der Waals surface area contributed by atoms with Gasteiger partial charge < -0.3 is 5.32 Å². The van der Waals surface area contributed by atoms with Crippen LogP contribution in [0.1, 0.15) is 38.0 Å². The molecule has 18 heavy (non-hydrogen) atoms. The summed E-state index contributed by atoms with van der Waals surface area (Å²) in [6, 6.07) is 4.45. The van der Waals surface area contributed by atoms with Gasteiger partial charge in [-0.2, -0.15) is 0 Å². The van der Waals surface area contributed by atoms with Crippen molar-refractivity contribution in [3.8, 4) is 0 Å². The van der Waals surface area contributed by atoms with Crippen molar-refractivity contribution in [2.75, 3.05) is 5.33 Å². The van der Waals surface area contributed by atoms with Crippen LogP contribution in [0, 0.1) is 5.92 Å². The van der Waals surface area contributed by atoms with Crippen LogP contribution >= 0.6 is 27.3 Å². The second-order valence-electron chi connectivity index (χ2n) is 4.98. The maximum Gasteiger partial charge on any atom is 0.220 e. The van der Waals surface area contributed by atoms with Crippen molar-refractivity contribution in [2.45, 2.75) is 45.6 Å². The van der Waals surface area contributed by atoms with Gasteiger partial charge in [0.1, 0.15) is 0 Å². The van der Waals surface area contributed by atoms with Crippen molar-refractivity contribution in [2.24, 2.45) is 5.92 Å². The first-order valence-electron chi connectivity index (χ1n) is 6.49. The van der Waals surface area contributed by atoms with Crippen LogP contribution in [0.4, 0.5) is 0 Å². The summed E-state index contributed by atoms with van der Waals surface area (Å²) in [4.78, 5) is 13.2. The molecule has 0 saturated heterocycles. The van der Waals surface area contributed by atoms with Crippen molar-refractivity contribution in [1.29, 1.82) is 0 Å². The quantitative estimate of drug-likeness (QED) is 0.717. The molecule has 0 aliphatic carbocycles. The standard InChI is InChI=1S/C14H22BrNOS/c1-11(2)9-12(10-15)16-14(17)7-3-5-13-6-4-8-18-13/h4,6,8,11-12H,3,5,7,9-10H2,1-2H3,(H,16,17). The van der Waals surface area contributed by atoms with E-state index in [4.69, 9.17) is 0 Å². The lowest BCUT2D eigenvalue weighted by molar-refractivity contribution is -0.121. The Morgan fingerprint density at radius 3 is 2.83 bits per heavy atom. The average molecular weight is 332 g/mol. The lowest BCUT2D eigenvalue weighted by atomic mass is 10.1. The van der Waals surface area contributed by atoms with E-state index in [-0.39, 0.29) is 11.9 Å². The third-order valence-electron chi connectivity index (χ3n) is 2.71. The Kier molecular flexibility index (Phi) is 7.59. The van der Waals surface area contributed by atoms with Crippen LogP contribution in [0.3, 0.4) is 0 Å². The van der Waals surface area contributed by atoms with Gasteiger partial charge in [0.2, 0.25) is 5.91 Å². The molecule has 1 atom stereocenters. The van der Waals surface area contributed by atoms with Gasteiger partial charge in [0.15, 0.2) is 0 Å². The highest BCUT2D eigenvalue weighted by molar-refractivity contribution is 9.09. The minimum atomic E-state index is 0.177. The summed E-state index contributed by atoms with van der Waals surface area (Å²) in [6.45, 7) is 4.36. The second kappa shape index (κ2) is 8.70. The van der Waals surface area contributed by atoms with Gasteiger partial charge in [0.05, 0.1) is 0 Å². The topological polar surface area (TPSA) is 29.1 Å². The summed E-state index contributed by atoms with van der Waals surface area (Å²) < 4.78 is 0. The van der Waals surface area contributed by atoms with E-state index in [1.165, 1.54) is 4.88 Å². The minimum Gasteiger partial charge on any atom is -0.353 e. The Morgan fingerprint density at radius 2 is 2.28 bits per heavy atom. The van der Waals surface area contributed by atoms with E-state index in [1.54, 1.807) is 11.3 Å². The summed E-state index contributed by atoms with van der Waals surface area (Å²) in [6.07, 6.45) is 3.60. The van der Waals surface area contributed by atoms with E-state index in [0.29, 0.717) is 12.3 Å². The Bertz CT molecular complexity index is 338. The number of carbonyl (C=O) groups excluding carboxylic acids is 1. The lowest BCUT2D eigenvalue weighted by Gasteiger charge is -2.18. The zero-order chi connectivity index (χ0) is 13.4. The third-order valence-corrected chi connectivity index (χ3v) is 4.43. The van der Waals surface area contributed by atoms with Crippen LogP contribution in [0.5, 0.6) is 0 Å². The van der Waals surface area contributed by atoms with E-state index in [1.807, 2.05) is 0 Å². The van der Waals surface area contributed by atoms with Gasteiger partial charge in [-0.25, -0.2) is 0 Å². The number of amides is 1. The first-order valence-corrected chi connectivity index (χ1v) is 8.49. The highest BCUT2D eigenvalue weighted by Gasteiger charge is 2.12. The first-order chi connectivity index (χ1) is 8.61. The predicted octanol–water partition coefficient (Wildman–Crippen LogP) is 4.00. The lowest BCUT2D eigenvalue weighted by Crippen LogP contribution is -2.36. The SMILES string of the molecule is CC(C)CC(CBr)NC(=O)CCCc1cccs1. The van der Waals surface area contributed by atoms with Gasteiger partial charge in [-0.3, -0.25) is 4.79 Å². The van der Waals surface area contributed by atoms with Crippen molar-refractivity contribution < 1.29 is 4.79 Å². The fraction of sp³-hybridized carbons (Fsp3) is 0.643. The second-order valence-corrected chi connectivity index (χ2v) is 6.66. The number of hydrogen-bond acceptors (Lipinski definition) is 2. The molecule has 0 radical (unpaired) electrons. The number of hydrogen-bond donors (Lipinski definition) is 1. The molecule has 1 unspecified atom stereocenters. The van der Waals surface area contributed by atoms with Gasteiger partial charge in [-0.1, -0.05) is 35.8 Å². The van der Waals surface area contributed by atoms with Gasteiger partial charge in [-0.05, 0) is 36.6 Å². The van der Waals surface area contributed by atoms with E-state index in [9.17, 15) is 4.79 Å². The molecule has 0 aromatic carbocycles. The summed E-state index contributed by atoms with van der Waals surface area (Å²) in [5.41, 5.74) is 0. The molecule has 1 heterocycles. The Hall–Kier alpha value is -0.350. The van der Waals surface area contributed by atoms with Crippen LogP contribution in [0.15, 0.2) is 17.5 Å². The van der Waals surface area contributed by atoms with Crippen molar-refractivity contribution in [1.82, 2.24) is 5.32 Å². The number of halogens is 1. The molecule has 0 aliphatic rings. The number of thiophene rings is 1. The van der Waals surface area contributed by atoms with Crippen LogP contribution in [-0.2, 0) is 11.2 Å². The highest BCUT2D eigenvalue weighted by Crippen LogP contribution is 2.12. The van der Waals surface area contributed by atoms with Crippen molar-refractivity contribution in [3.05, 3.63) is 22.4 Å².